The molecule has 0 unspecified atom stereocenters. The van der Waals surface area contributed by atoms with Gasteiger partial charge >= 0.3 is 5.97 Å². The molecule has 0 aliphatic rings. The minimum atomic E-state index is -0.923. The molecular weight excluding hydrogens is 394 g/mol. The van der Waals surface area contributed by atoms with E-state index in [0.29, 0.717) is 49.0 Å². The normalized spacial score (nSPS) is 11.8. The summed E-state index contributed by atoms with van der Waals surface area (Å²) in [6.07, 6.45) is 1.23. The van der Waals surface area contributed by atoms with Gasteiger partial charge in [0, 0.05) is 12.3 Å². The molecule has 31 heavy (non-hydrogen) atoms. The second kappa shape index (κ2) is 12.7. The lowest BCUT2D eigenvalue weighted by Gasteiger charge is -2.35. The lowest BCUT2D eigenvalue weighted by atomic mass is 9.83. The highest BCUT2D eigenvalue weighted by molar-refractivity contribution is 5.99. The third kappa shape index (κ3) is 8.52. The zero-order valence-corrected chi connectivity index (χ0v) is 20.5. The van der Waals surface area contributed by atoms with Crippen LogP contribution in [0.5, 0.6) is 5.75 Å². The lowest BCUT2D eigenvalue weighted by Crippen LogP contribution is -2.47. The van der Waals surface area contributed by atoms with Crippen LogP contribution in [0.1, 0.15) is 78.6 Å². The van der Waals surface area contributed by atoms with Gasteiger partial charge in [0.25, 0.3) is 5.91 Å². The molecule has 6 heteroatoms. The Morgan fingerprint density at radius 1 is 0.935 bits per heavy atom. The van der Waals surface area contributed by atoms with Gasteiger partial charge < -0.3 is 19.5 Å². The first-order chi connectivity index (χ1) is 14.5. The third-order valence-corrected chi connectivity index (χ3v) is 4.62. The Hall–Kier alpha value is -2.08. The van der Waals surface area contributed by atoms with Crippen LogP contribution in [-0.2, 0) is 14.3 Å². The number of ether oxygens (including phenoxy) is 3. The van der Waals surface area contributed by atoms with Crippen molar-refractivity contribution in [2.24, 2.45) is 17.8 Å². The molecule has 176 valence electrons. The molecule has 0 radical (unpaired) electrons. The van der Waals surface area contributed by atoms with Gasteiger partial charge in [0.2, 0.25) is 0 Å². The summed E-state index contributed by atoms with van der Waals surface area (Å²) < 4.78 is 17.1. The number of carbonyl (C=O) groups excluding carboxylic acids is 2. The maximum atomic E-state index is 13.4. The Morgan fingerprint density at radius 2 is 1.55 bits per heavy atom. The van der Waals surface area contributed by atoms with Crippen molar-refractivity contribution in [1.29, 1.82) is 0 Å². The summed E-state index contributed by atoms with van der Waals surface area (Å²) >= 11 is 0. The van der Waals surface area contributed by atoms with Gasteiger partial charge in [0.1, 0.15) is 16.9 Å². The van der Waals surface area contributed by atoms with Crippen LogP contribution in [0.25, 0.3) is 0 Å². The molecule has 0 aromatic heterocycles. The van der Waals surface area contributed by atoms with E-state index in [0.717, 1.165) is 0 Å². The van der Waals surface area contributed by atoms with Gasteiger partial charge in [-0.1, -0.05) is 41.5 Å². The Bertz CT molecular complexity index is 702. The third-order valence-electron chi connectivity index (χ3n) is 4.62. The van der Waals surface area contributed by atoms with E-state index in [4.69, 9.17) is 14.2 Å². The van der Waals surface area contributed by atoms with Gasteiger partial charge in [-0.15, -0.1) is 0 Å². The van der Waals surface area contributed by atoms with E-state index in [-0.39, 0.29) is 24.3 Å². The van der Waals surface area contributed by atoms with Gasteiger partial charge in [0.15, 0.2) is 0 Å². The van der Waals surface area contributed by atoms with Gasteiger partial charge in [-0.25, -0.2) is 4.79 Å². The van der Waals surface area contributed by atoms with E-state index in [2.05, 4.69) is 33.0 Å². The van der Waals surface area contributed by atoms with E-state index in [9.17, 15) is 9.59 Å². The average Bonchev–Trinajstić information content (AvgIpc) is 2.66. The van der Waals surface area contributed by atoms with Crippen molar-refractivity contribution in [3.63, 3.8) is 0 Å². The first kappa shape index (κ1) is 27.0. The van der Waals surface area contributed by atoms with Gasteiger partial charge in [-0.3, -0.25) is 4.79 Å². The molecule has 0 saturated carbocycles. The van der Waals surface area contributed by atoms with Gasteiger partial charge in [0.05, 0.1) is 13.2 Å². The summed E-state index contributed by atoms with van der Waals surface area (Å²) in [7, 11) is 0. The maximum absolute atomic E-state index is 13.4. The van der Waals surface area contributed by atoms with E-state index in [1.165, 1.54) is 0 Å². The predicted molar refractivity (Wildman–Crippen MR) is 125 cm³/mol. The fraction of sp³-hybridized carbons (Fsp3) is 0.680. The molecule has 1 rings (SSSR count). The zero-order chi connectivity index (χ0) is 23.6. The van der Waals surface area contributed by atoms with Crippen LogP contribution in [0.3, 0.4) is 0 Å². The van der Waals surface area contributed by atoms with Crippen LogP contribution < -0.4 is 10.1 Å². The van der Waals surface area contributed by atoms with E-state index >= 15 is 0 Å². The van der Waals surface area contributed by atoms with Crippen molar-refractivity contribution in [3.05, 3.63) is 23.8 Å². The van der Waals surface area contributed by atoms with Crippen molar-refractivity contribution in [1.82, 2.24) is 0 Å². The molecule has 0 aliphatic carbocycles. The fourth-order valence-corrected chi connectivity index (χ4v) is 3.65. The van der Waals surface area contributed by atoms with E-state index in [1.807, 2.05) is 20.8 Å². The zero-order valence-electron chi connectivity index (χ0n) is 20.5. The first-order valence-electron chi connectivity index (χ1n) is 11.4. The minimum Gasteiger partial charge on any atom is -0.492 e. The summed E-state index contributed by atoms with van der Waals surface area (Å²) in [4.78, 5) is 25.9. The summed E-state index contributed by atoms with van der Waals surface area (Å²) in [5.74, 6) is 0.676. The smallest absolute Gasteiger partial charge is 0.341 e. The van der Waals surface area contributed by atoms with Crippen LogP contribution in [-0.4, -0.2) is 37.3 Å². The van der Waals surface area contributed by atoms with Crippen molar-refractivity contribution < 1.29 is 23.8 Å². The Labute approximate surface area is 188 Å². The van der Waals surface area contributed by atoms with Crippen molar-refractivity contribution in [3.8, 4) is 5.75 Å². The molecule has 0 atom stereocenters. The standard InChI is InChI=1S/C25H41NO5/c1-9-29-23(27)21-13-20(11-12-22(21)30-16-19(7)8)26-24(28)25(31-10-2,14-17(3)4)15-18(5)6/h11-13,17-19H,9-10,14-16H2,1-8H3,(H,26,28). The summed E-state index contributed by atoms with van der Waals surface area (Å²) in [6.45, 7) is 17.3. The lowest BCUT2D eigenvalue weighted by molar-refractivity contribution is -0.146. The van der Waals surface area contributed by atoms with Gasteiger partial charge in [-0.05, 0) is 62.6 Å². The Morgan fingerprint density at radius 3 is 2.03 bits per heavy atom. The SMILES string of the molecule is CCOC(=O)c1cc(NC(=O)C(CC(C)C)(CC(C)C)OCC)ccc1OCC(C)C. The predicted octanol–water partition coefficient (Wildman–Crippen LogP) is 5.70. The second-order valence-electron chi connectivity index (χ2n) is 9.21. The van der Waals surface area contributed by atoms with Crippen molar-refractivity contribution >= 4 is 17.6 Å². The van der Waals surface area contributed by atoms with E-state index < -0.39 is 11.6 Å². The Kier molecular flexibility index (Phi) is 11.0. The number of esters is 1. The molecule has 6 nitrogen and oxygen atoms in total. The molecular formula is C25H41NO5. The highest BCUT2D eigenvalue weighted by atomic mass is 16.5. The first-order valence-corrected chi connectivity index (χ1v) is 11.4. The van der Waals surface area contributed by atoms with Crippen LogP contribution in [0.15, 0.2) is 18.2 Å². The molecule has 1 aromatic rings. The van der Waals surface area contributed by atoms with Crippen LogP contribution in [0.4, 0.5) is 5.69 Å². The molecule has 1 amide bonds. The van der Waals surface area contributed by atoms with Gasteiger partial charge in [-0.2, -0.15) is 0 Å². The minimum absolute atomic E-state index is 0.192. The Balaban J connectivity index is 3.25. The molecule has 0 spiro atoms. The number of hydrogen-bond acceptors (Lipinski definition) is 5. The topological polar surface area (TPSA) is 73.9 Å². The monoisotopic (exact) mass is 435 g/mol. The summed E-state index contributed by atoms with van der Waals surface area (Å²) in [5, 5.41) is 2.98. The summed E-state index contributed by atoms with van der Waals surface area (Å²) in [6, 6.07) is 5.07. The largest absolute Gasteiger partial charge is 0.492 e. The number of benzene rings is 1. The molecule has 0 heterocycles. The highest BCUT2D eigenvalue weighted by Crippen LogP contribution is 2.32. The molecule has 0 aliphatic heterocycles. The molecule has 0 saturated heterocycles. The molecule has 1 N–H and O–H groups in total. The summed E-state index contributed by atoms with van der Waals surface area (Å²) in [5.41, 5.74) is -0.106. The number of anilines is 1. The fourth-order valence-electron chi connectivity index (χ4n) is 3.65. The number of hydrogen-bond donors (Lipinski definition) is 1. The molecule has 0 bridgehead atoms. The number of rotatable bonds is 13. The van der Waals surface area contributed by atoms with Crippen LogP contribution in [0, 0.1) is 17.8 Å². The number of carbonyl (C=O) groups is 2. The van der Waals surface area contributed by atoms with Crippen LogP contribution >= 0.6 is 0 Å². The maximum Gasteiger partial charge on any atom is 0.341 e. The highest BCUT2D eigenvalue weighted by Gasteiger charge is 2.40. The number of amides is 1. The van der Waals surface area contributed by atoms with Crippen molar-refractivity contribution in [2.45, 2.75) is 73.8 Å². The van der Waals surface area contributed by atoms with Crippen LogP contribution in [0.2, 0.25) is 0 Å². The second-order valence-corrected chi connectivity index (χ2v) is 9.21. The molecule has 0 fully saturated rings. The van der Waals surface area contributed by atoms with Crippen molar-refractivity contribution in [2.75, 3.05) is 25.1 Å². The number of nitrogens with one attached hydrogen (secondary N) is 1. The quantitative estimate of drug-likeness (QED) is 0.402. The average molecular weight is 436 g/mol. The van der Waals surface area contributed by atoms with E-state index in [1.54, 1.807) is 25.1 Å². The molecule has 1 aromatic carbocycles.